The molecule has 4 nitrogen and oxygen atoms in total. The lowest BCUT2D eigenvalue weighted by atomic mass is 10.0. The minimum atomic E-state index is 0.421. The third-order valence-electron chi connectivity index (χ3n) is 3.49. The molecule has 0 fully saturated rings. The Morgan fingerprint density at radius 3 is 2.65 bits per heavy atom. The average molecular weight is 272 g/mol. The Balaban J connectivity index is 2.03. The van der Waals surface area contributed by atoms with Crippen molar-refractivity contribution in [1.82, 2.24) is 19.9 Å². The van der Waals surface area contributed by atoms with Crippen molar-refractivity contribution in [3.8, 4) is 0 Å². The van der Waals surface area contributed by atoms with Crippen LogP contribution < -0.4 is 5.32 Å². The minimum Gasteiger partial charge on any atom is -0.335 e. The Kier molecular flexibility index (Phi) is 5.74. The molecule has 2 aromatic heterocycles. The van der Waals surface area contributed by atoms with Gasteiger partial charge in [0.15, 0.2) is 0 Å². The number of rotatable bonds is 8. The molecule has 1 N–H and O–H groups in total. The van der Waals surface area contributed by atoms with Crippen LogP contribution in [-0.2, 0) is 19.4 Å². The first-order chi connectivity index (χ1) is 9.83. The van der Waals surface area contributed by atoms with E-state index >= 15 is 0 Å². The summed E-state index contributed by atoms with van der Waals surface area (Å²) in [5, 5.41) is 3.63. The first kappa shape index (κ1) is 14.7. The number of aromatic nitrogens is 3. The molecule has 0 bridgehead atoms. The van der Waals surface area contributed by atoms with Crippen LogP contribution in [0.15, 0.2) is 36.9 Å². The highest BCUT2D eigenvalue weighted by molar-refractivity contribution is 5.12. The van der Waals surface area contributed by atoms with E-state index in [9.17, 15) is 0 Å². The van der Waals surface area contributed by atoms with Gasteiger partial charge in [-0.25, -0.2) is 4.98 Å². The largest absolute Gasteiger partial charge is 0.335 e. The van der Waals surface area contributed by atoms with E-state index in [0.29, 0.717) is 6.04 Å². The summed E-state index contributed by atoms with van der Waals surface area (Å²) in [5.41, 5.74) is 1.32. The van der Waals surface area contributed by atoms with Crippen molar-refractivity contribution in [2.45, 2.75) is 45.7 Å². The molecular formula is C16H24N4. The molecule has 0 aliphatic carbocycles. The van der Waals surface area contributed by atoms with Gasteiger partial charge < -0.3 is 9.88 Å². The van der Waals surface area contributed by atoms with E-state index in [1.54, 1.807) is 0 Å². The summed E-state index contributed by atoms with van der Waals surface area (Å²) in [7, 11) is 0. The zero-order valence-corrected chi connectivity index (χ0v) is 12.4. The number of aryl methyl sites for hydroxylation is 1. The van der Waals surface area contributed by atoms with E-state index in [-0.39, 0.29) is 0 Å². The zero-order chi connectivity index (χ0) is 14.2. The van der Waals surface area contributed by atoms with Crippen LogP contribution >= 0.6 is 0 Å². The molecule has 0 aromatic carbocycles. The van der Waals surface area contributed by atoms with E-state index in [1.165, 1.54) is 5.56 Å². The number of imidazole rings is 1. The Morgan fingerprint density at radius 2 is 1.95 bits per heavy atom. The van der Waals surface area contributed by atoms with Crippen LogP contribution in [0.4, 0.5) is 0 Å². The first-order valence-electron chi connectivity index (χ1n) is 7.45. The van der Waals surface area contributed by atoms with Crippen molar-refractivity contribution in [1.29, 1.82) is 0 Å². The molecule has 1 atom stereocenters. The van der Waals surface area contributed by atoms with Gasteiger partial charge >= 0.3 is 0 Å². The molecule has 0 saturated heterocycles. The predicted molar refractivity (Wildman–Crippen MR) is 81.6 cm³/mol. The van der Waals surface area contributed by atoms with Gasteiger partial charge in [-0.15, -0.1) is 0 Å². The molecule has 0 spiro atoms. The summed E-state index contributed by atoms with van der Waals surface area (Å²) in [4.78, 5) is 8.57. The molecule has 4 heteroatoms. The Bertz CT molecular complexity index is 492. The molecule has 108 valence electrons. The first-order valence-corrected chi connectivity index (χ1v) is 7.45. The van der Waals surface area contributed by atoms with E-state index < -0.39 is 0 Å². The Labute approximate surface area is 121 Å². The van der Waals surface area contributed by atoms with Gasteiger partial charge in [0.05, 0.1) is 0 Å². The van der Waals surface area contributed by atoms with Gasteiger partial charge in [0.25, 0.3) is 0 Å². The van der Waals surface area contributed by atoms with E-state index in [0.717, 1.165) is 38.2 Å². The van der Waals surface area contributed by atoms with Crippen molar-refractivity contribution in [2.24, 2.45) is 0 Å². The van der Waals surface area contributed by atoms with Crippen LogP contribution in [0.5, 0.6) is 0 Å². The SMILES string of the molecule is CCCNC(Cc1ccncc1)Cc1nccn1CC. The number of hydrogen-bond acceptors (Lipinski definition) is 3. The minimum absolute atomic E-state index is 0.421. The fourth-order valence-electron chi connectivity index (χ4n) is 2.41. The molecule has 0 saturated carbocycles. The lowest BCUT2D eigenvalue weighted by Gasteiger charge is -2.19. The van der Waals surface area contributed by atoms with Crippen molar-refractivity contribution in [2.75, 3.05) is 6.54 Å². The molecule has 0 radical (unpaired) electrons. The van der Waals surface area contributed by atoms with Crippen molar-refractivity contribution < 1.29 is 0 Å². The maximum atomic E-state index is 4.49. The summed E-state index contributed by atoms with van der Waals surface area (Å²) >= 11 is 0. The fourth-order valence-corrected chi connectivity index (χ4v) is 2.41. The summed E-state index contributed by atoms with van der Waals surface area (Å²) in [5.74, 6) is 1.16. The summed E-state index contributed by atoms with van der Waals surface area (Å²) in [6.45, 7) is 6.37. The van der Waals surface area contributed by atoms with Crippen LogP contribution in [0.25, 0.3) is 0 Å². The Morgan fingerprint density at radius 1 is 1.15 bits per heavy atom. The number of nitrogens with one attached hydrogen (secondary N) is 1. The average Bonchev–Trinajstić information content (AvgIpc) is 2.93. The van der Waals surface area contributed by atoms with Gasteiger partial charge in [-0.1, -0.05) is 6.92 Å². The molecule has 20 heavy (non-hydrogen) atoms. The van der Waals surface area contributed by atoms with Crippen LogP contribution in [0.1, 0.15) is 31.7 Å². The number of pyridine rings is 1. The predicted octanol–water partition coefficient (Wildman–Crippen LogP) is 2.45. The van der Waals surface area contributed by atoms with Gasteiger partial charge in [0, 0.05) is 43.8 Å². The quantitative estimate of drug-likeness (QED) is 0.802. The van der Waals surface area contributed by atoms with Crippen LogP contribution in [0.3, 0.4) is 0 Å². The van der Waals surface area contributed by atoms with E-state index in [4.69, 9.17) is 0 Å². The molecule has 2 heterocycles. The smallest absolute Gasteiger partial charge is 0.110 e. The topological polar surface area (TPSA) is 42.7 Å². The van der Waals surface area contributed by atoms with Gasteiger partial charge in [0.2, 0.25) is 0 Å². The fraction of sp³-hybridized carbons (Fsp3) is 0.500. The standard InChI is InChI=1S/C16H24N4/c1-3-7-18-15(12-14-5-8-17-9-6-14)13-16-19-10-11-20(16)4-2/h5-6,8-11,15,18H,3-4,7,12-13H2,1-2H3. The normalized spacial score (nSPS) is 12.5. The second-order valence-corrected chi connectivity index (χ2v) is 5.04. The summed E-state index contributed by atoms with van der Waals surface area (Å²) in [6.07, 6.45) is 10.8. The second-order valence-electron chi connectivity index (χ2n) is 5.04. The van der Waals surface area contributed by atoms with E-state index in [2.05, 4.69) is 52.0 Å². The number of hydrogen-bond donors (Lipinski definition) is 1. The van der Waals surface area contributed by atoms with Gasteiger partial charge in [0.1, 0.15) is 5.82 Å². The molecule has 0 aliphatic heterocycles. The van der Waals surface area contributed by atoms with Gasteiger partial charge in [-0.2, -0.15) is 0 Å². The molecular weight excluding hydrogens is 248 g/mol. The van der Waals surface area contributed by atoms with Gasteiger partial charge in [-0.3, -0.25) is 4.98 Å². The van der Waals surface area contributed by atoms with Crippen LogP contribution in [0.2, 0.25) is 0 Å². The molecule has 0 amide bonds. The highest BCUT2D eigenvalue weighted by Gasteiger charge is 2.13. The highest BCUT2D eigenvalue weighted by atomic mass is 15.1. The van der Waals surface area contributed by atoms with Crippen molar-refractivity contribution in [3.05, 3.63) is 48.3 Å². The lowest BCUT2D eigenvalue weighted by molar-refractivity contribution is 0.485. The maximum Gasteiger partial charge on any atom is 0.110 e. The maximum absolute atomic E-state index is 4.49. The molecule has 2 rings (SSSR count). The second kappa shape index (κ2) is 7.80. The monoisotopic (exact) mass is 272 g/mol. The van der Waals surface area contributed by atoms with Crippen molar-refractivity contribution >= 4 is 0 Å². The molecule has 0 aliphatic rings. The van der Waals surface area contributed by atoms with E-state index in [1.807, 2.05) is 18.6 Å². The molecule has 1 unspecified atom stereocenters. The highest BCUT2D eigenvalue weighted by Crippen LogP contribution is 2.08. The third kappa shape index (κ3) is 4.17. The third-order valence-corrected chi connectivity index (χ3v) is 3.49. The zero-order valence-electron chi connectivity index (χ0n) is 12.4. The van der Waals surface area contributed by atoms with Gasteiger partial charge in [-0.05, 0) is 44.0 Å². The Hall–Kier alpha value is -1.68. The number of nitrogens with zero attached hydrogens (tertiary/aromatic N) is 3. The molecule has 2 aromatic rings. The van der Waals surface area contributed by atoms with Crippen LogP contribution in [-0.4, -0.2) is 27.1 Å². The summed E-state index contributed by atoms with van der Waals surface area (Å²) in [6, 6.07) is 4.60. The van der Waals surface area contributed by atoms with Crippen LogP contribution in [0, 0.1) is 0 Å². The lowest BCUT2D eigenvalue weighted by Crippen LogP contribution is -2.34. The van der Waals surface area contributed by atoms with Crippen molar-refractivity contribution in [3.63, 3.8) is 0 Å². The summed E-state index contributed by atoms with van der Waals surface area (Å²) < 4.78 is 2.22.